The molecule has 0 saturated heterocycles. The summed E-state index contributed by atoms with van der Waals surface area (Å²) in [5.74, 6) is -5.45. The van der Waals surface area contributed by atoms with Crippen LogP contribution < -0.4 is 38.9 Å². The fourth-order valence-electron chi connectivity index (χ4n) is 3.50. The number of nitrogens with two attached hydrogens (primary N) is 4. The Morgan fingerprint density at radius 1 is 0.763 bits per heavy atom. The van der Waals surface area contributed by atoms with Crippen LogP contribution in [0.15, 0.2) is 30.3 Å². The number of amides is 5. The molecule has 0 radical (unpaired) electrons. The van der Waals surface area contributed by atoms with E-state index in [-0.39, 0.29) is 25.7 Å². The average Bonchev–Trinajstić information content (AvgIpc) is 2.85. The van der Waals surface area contributed by atoms with Gasteiger partial charge in [-0.15, -0.1) is 0 Å². The van der Waals surface area contributed by atoms with Crippen molar-refractivity contribution < 1.29 is 33.9 Å². The lowest BCUT2D eigenvalue weighted by atomic mass is 10.0. The summed E-state index contributed by atoms with van der Waals surface area (Å²) in [6, 6.07) is 3.79. The van der Waals surface area contributed by atoms with Crippen LogP contribution in [0.3, 0.4) is 0 Å². The molecule has 210 valence electrons. The van der Waals surface area contributed by atoms with E-state index >= 15 is 0 Å². The highest BCUT2D eigenvalue weighted by molar-refractivity contribution is 5.96. The number of carboxylic acid groups (broad SMARTS) is 1. The second kappa shape index (κ2) is 16.7. The number of rotatable bonds is 18. The Balaban J connectivity index is 2.97. The molecule has 1 rings (SSSR count). The Labute approximate surface area is 220 Å². The van der Waals surface area contributed by atoms with Gasteiger partial charge in [0.25, 0.3) is 0 Å². The van der Waals surface area contributed by atoms with Crippen LogP contribution in [0, 0.1) is 0 Å². The normalized spacial score (nSPS) is 13.8. The van der Waals surface area contributed by atoms with Gasteiger partial charge in [0.2, 0.25) is 29.5 Å². The van der Waals surface area contributed by atoms with Crippen molar-refractivity contribution in [3.63, 3.8) is 0 Å². The standard InChI is InChI=1S/C24H37N7O7/c25-11-5-4-8-16(22(35)30-17(24(37)38)9-10-19(27)32)29-23(36)18(13-20(28)33)31-21(34)15(26)12-14-6-2-1-3-7-14/h1-3,6-7,15-18H,4-5,8-13,25-26H2,(H2,27,32)(H2,28,33)(H,29,36)(H,30,35)(H,31,34)(H,37,38). The molecule has 0 aromatic heterocycles. The molecule has 0 aliphatic heterocycles. The second-order valence-electron chi connectivity index (χ2n) is 8.78. The van der Waals surface area contributed by atoms with Gasteiger partial charge in [0.1, 0.15) is 18.1 Å². The van der Waals surface area contributed by atoms with Crippen LogP contribution in [0.2, 0.25) is 0 Å². The maximum Gasteiger partial charge on any atom is 0.326 e. The molecule has 0 heterocycles. The number of unbranched alkanes of at least 4 members (excludes halogenated alkanes) is 1. The zero-order valence-electron chi connectivity index (χ0n) is 21.1. The number of carbonyl (C=O) groups is 6. The SMILES string of the molecule is NCCCCC(NC(=O)C(CC(N)=O)NC(=O)C(N)Cc1ccccc1)C(=O)NC(CCC(N)=O)C(=O)O. The third-order valence-electron chi connectivity index (χ3n) is 5.55. The predicted molar refractivity (Wildman–Crippen MR) is 137 cm³/mol. The maximum atomic E-state index is 13.0. The van der Waals surface area contributed by atoms with Gasteiger partial charge in [-0.2, -0.15) is 0 Å². The van der Waals surface area contributed by atoms with Crippen LogP contribution in [0.4, 0.5) is 0 Å². The minimum absolute atomic E-state index is 0.0850. The highest BCUT2D eigenvalue weighted by Crippen LogP contribution is 2.07. The first-order valence-corrected chi connectivity index (χ1v) is 12.1. The molecule has 14 nitrogen and oxygen atoms in total. The van der Waals surface area contributed by atoms with Crippen molar-refractivity contribution in [2.45, 2.75) is 69.1 Å². The van der Waals surface area contributed by atoms with E-state index in [1.54, 1.807) is 30.3 Å². The molecule has 38 heavy (non-hydrogen) atoms. The predicted octanol–water partition coefficient (Wildman–Crippen LogP) is -2.63. The Hall–Kier alpha value is -4.04. The van der Waals surface area contributed by atoms with Gasteiger partial charge >= 0.3 is 5.97 Å². The number of nitrogens with one attached hydrogen (secondary N) is 3. The van der Waals surface area contributed by atoms with E-state index in [1.165, 1.54) is 0 Å². The van der Waals surface area contributed by atoms with E-state index in [0.29, 0.717) is 19.4 Å². The van der Waals surface area contributed by atoms with Crippen LogP contribution in [-0.4, -0.2) is 71.3 Å². The molecule has 5 amide bonds. The fourth-order valence-corrected chi connectivity index (χ4v) is 3.50. The molecule has 0 bridgehead atoms. The largest absolute Gasteiger partial charge is 0.480 e. The number of benzene rings is 1. The minimum Gasteiger partial charge on any atom is -0.480 e. The molecule has 1 aromatic carbocycles. The Morgan fingerprint density at radius 2 is 1.34 bits per heavy atom. The summed E-state index contributed by atoms with van der Waals surface area (Å²) < 4.78 is 0. The van der Waals surface area contributed by atoms with Crippen molar-refractivity contribution in [1.82, 2.24) is 16.0 Å². The topological polar surface area (TPSA) is 263 Å². The molecule has 0 saturated carbocycles. The van der Waals surface area contributed by atoms with Crippen LogP contribution in [0.25, 0.3) is 0 Å². The van der Waals surface area contributed by atoms with Gasteiger partial charge in [-0.25, -0.2) is 4.79 Å². The van der Waals surface area contributed by atoms with E-state index in [2.05, 4.69) is 16.0 Å². The van der Waals surface area contributed by atoms with E-state index in [0.717, 1.165) is 5.56 Å². The number of primary amides is 2. The quantitative estimate of drug-likeness (QED) is 0.0912. The Morgan fingerprint density at radius 3 is 1.89 bits per heavy atom. The van der Waals surface area contributed by atoms with Crippen molar-refractivity contribution in [2.75, 3.05) is 6.54 Å². The summed E-state index contributed by atoms with van der Waals surface area (Å²) >= 11 is 0. The average molecular weight is 536 g/mol. The first-order valence-electron chi connectivity index (χ1n) is 12.1. The molecule has 0 aliphatic rings. The van der Waals surface area contributed by atoms with Gasteiger partial charge in [-0.3, -0.25) is 24.0 Å². The lowest BCUT2D eigenvalue weighted by Gasteiger charge is -2.25. The van der Waals surface area contributed by atoms with E-state index in [4.69, 9.17) is 22.9 Å². The molecule has 12 N–H and O–H groups in total. The monoisotopic (exact) mass is 535 g/mol. The molecule has 1 aromatic rings. The second-order valence-corrected chi connectivity index (χ2v) is 8.78. The van der Waals surface area contributed by atoms with Gasteiger partial charge in [0, 0.05) is 6.42 Å². The molecule has 0 fully saturated rings. The summed E-state index contributed by atoms with van der Waals surface area (Å²) in [5.41, 5.74) is 22.6. The molecular weight excluding hydrogens is 498 g/mol. The zero-order chi connectivity index (χ0) is 28.7. The summed E-state index contributed by atoms with van der Waals surface area (Å²) in [6.07, 6.45) is 0.0769. The van der Waals surface area contributed by atoms with Gasteiger partial charge in [0.15, 0.2) is 0 Å². The van der Waals surface area contributed by atoms with Crippen molar-refractivity contribution in [3.05, 3.63) is 35.9 Å². The van der Waals surface area contributed by atoms with Crippen molar-refractivity contribution in [3.8, 4) is 0 Å². The molecule has 0 aliphatic carbocycles. The smallest absolute Gasteiger partial charge is 0.326 e. The Bertz CT molecular complexity index is 974. The number of hydrogen-bond donors (Lipinski definition) is 8. The highest BCUT2D eigenvalue weighted by Gasteiger charge is 2.31. The van der Waals surface area contributed by atoms with Crippen molar-refractivity contribution in [1.29, 1.82) is 0 Å². The fraction of sp³-hybridized carbons (Fsp3) is 0.500. The van der Waals surface area contributed by atoms with Gasteiger partial charge in [-0.1, -0.05) is 30.3 Å². The molecule has 14 heteroatoms. The van der Waals surface area contributed by atoms with Crippen LogP contribution >= 0.6 is 0 Å². The first kappa shape index (κ1) is 32.0. The van der Waals surface area contributed by atoms with Gasteiger partial charge < -0.3 is 44.0 Å². The third-order valence-corrected chi connectivity index (χ3v) is 5.55. The first-order chi connectivity index (χ1) is 17.9. The van der Waals surface area contributed by atoms with E-state index in [1.807, 2.05) is 0 Å². The van der Waals surface area contributed by atoms with Crippen LogP contribution in [0.1, 0.15) is 44.1 Å². The van der Waals surface area contributed by atoms with E-state index in [9.17, 15) is 33.9 Å². The number of hydrogen-bond acceptors (Lipinski definition) is 8. The summed E-state index contributed by atoms with van der Waals surface area (Å²) in [7, 11) is 0. The molecular formula is C24H37N7O7. The van der Waals surface area contributed by atoms with Crippen molar-refractivity contribution in [2.24, 2.45) is 22.9 Å². The minimum atomic E-state index is -1.43. The van der Waals surface area contributed by atoms with Gasteiger partial charge in [0.05, 0.1) is 12.5 Å². The number of carbonyl (C=O) groups excluding carboxylic acids is 5. The van der Waals surface area contributed by atoms with Crippen LogP contribution in [-0.2, 0) is 35.2 Å². The number of carboxylic acids is 1. The van der Waals surface area contributed by atoms with Gasteiger partial charge in [-0.05, 0) is 44.2 Å². The molecule has 0 spiro atoms. The van der Waals surface area contributed by atoms with Crippen LogP contribution in [0.5, 0.6) is 0 Å². The van der Waals surface area contributed by atoms with E-state index < -0.39 is 66.1 Å². The number of aliphatic carboxylic acids is 1. The Kier molecular flexibility index (Phi) is 14.0. The molecule has 4 unspecified atom stereocenters. The molecule has 4 atom stereocenters. The summed E-state index contributed by atoms with van der Waals surface area (Å²) in [6.45, 7) is 0.318. The summed E-state index contributed by atoms with van der Waals surface area (Å²) in [5, 5.41) is 16.5. The highest BCUT2D eigenvalue weighted by atomic mass is 16.4. The lowest BCUT2D eigenvalue weighted by Crippen LogP contribution is -2.58. The third kappa shape index (κ3) is 12.3. The zero-order valence-corrected chi connectivity index (χ0v) is 21.1. The maximum absolute atomic E-state index is 13.0. The lowest BCUT2D eigenvalue weighted by molar-refractivity contribution is -0.142. The van der Waals surface area contributed by atoms with Crippen molar-refractivity contribution >= 4 is 35.5 Å². The summed E-state index contributed by atoms with van der Waals surface area (Å²) in [4.78, 5) is 72.7.